The van der Waals surface area contributed by atoms with Gasteiger partial charge in [0, 0.05) is 13.1 Å². The van der Waals surface area contributed by atoms with E-state index in [9.17, 15) is 14.8 Å². The average molecular weight is 244 g/mol. The van der Waals surface area contributed by atoms with E-state index >= 15 is 0 Å². The van der Waals surface area contributed by atoms with Gasteiger partial charge < -0.3 is 14.7 Å². The molecule has 0 bridgehead atoms. The zero-order chi connectivity index (χ0) is 13.1. The van der Waals surface area contributed by atoms with E-state index < -0.39 is 11.2 Å². The minimum absolute atomic E-state index is 0.116. The van der Waals surface area contributed by atoms with Crippen LogP contribution in [0.15, 0.2) is 5.18 Å². The largest absolute Gasteiger partial charge is 0.444 e. The van der Waals surface area contributed by atoms with E-state index in [0.717, 1.165) is 0 Å². The SMILES string of the molecule is CC(C)(C)OC(=O)N1CCC(O)(CN=O)CC1. The molecular weight excluding hydrogens is 224 g/mol. The molecular formula is C11H20N2O4. The maximum Gasteiger partial charge on any atom is 0.410 e. The second-order valence-electron chi connectivity index (χ2n) is 5.48. The molecule has 0 aromatic carbocycles. The van der Waals surface area contributed by atoms with E-state index in [-0.39, 0.29) is 12.6 Å². The van der Waals surface area contributed by atoms with Gasteiger partial charge in [-0.15, -0.1) is 0 Å². The summed E-state index contributed by atoms with van der Waals surface area (Å²) in [6.07, 6.45) is 0.342. The van der Waals surface area contributed by atoms with Crippen LogP contribution in [0.3, 0.4) is 0 Å². The molecule has 98 valence electrons. The smallest absolute Gasteiger partial charge is 0.410 e. The van der Waals surface area contributed by atoms with Gasteiger partial charge in [-0.25, -0.2) is 4.79 Å². The third-order valence-corrected chi connectivity index (χ3v) is 2.70. The van der Waals surface area contributed by atoms with Crippen molar-refractivity contribution in [1.29, 1.82) is 0 Å². The number of nitroso groups, excluding NO2 is 1. The highest BCUT2D eigenvalue weighted by Crippen LogP contribution is 2.23. The molecule has 17 heavy (non-hydrogen) atoms. The van der Waals surface area contributed by atoms with Crippen LogP contribution < -0.4 is 0 Å². The van der Waals surface area contributed by atoms with Gasteiger partial charge in [-0.2, -0.15) is 4.91 Å². The molecule has 6 nitrogen and oxygen atoms in total. The molecule has 1 amide bonds. The summed E-state index contributed by atoms with van der Waals surface area (Å²) in [7, 11) is 0. The van der Waals surface area contributed by atoms with Crippen molar-refractivity contribution in [3.8, 4) is 0 Å². The highest BCUT2D eigenvalue weighted by Gasteiger charge is 2.35. The van der Waals surface area contributed by atoms with Gasteiger partial charge in [0.15, 0.2) is 0 Å². The zero-order valence-corrected chi connectivity index (χ0v) is 10.6. The first-order valence-electron chi connectivity index (χ1n) is 5.75. The molecule has 1 heterocycles. The van der Waals surface area contributed by atoms with Crippen LogP contribution in [0, 0.1) is 4.91 Å². The summed E-state index contributed by atoms with van der Waals surface area (Å²) < 4.78 is 5.23. The lowest BCUT2D eigenvalue weighted by atomic mass is 9.92. The Balaban J connectivity index is 2.46. The summed E-state index contributed by atoms with van der Waals surface area (Å²) in [6, 6.07) is 0. The number of piperidine rings is 1. The number of aliphatic hydroxyl groups is 1. The Labute approximate surface area is 101 Å². The number of hydrogen-bond donors (Lipinski definition) is 1. The van der Waals surface area contributed by atoms with E-state index in [2.05, 4.69) is 5.18 Å². The Morgan fingerprint density at radius 3 is 2.35 bits per heavy atom. The molecule has 1 N–H and O–H groups in total. The van der Waals surface area contributed by atoms with Crippen molar-refractivity contribution in [2.45, 2.75) is 44.8 Å². The number of rotatable bonds is 2. The quantitative estimate of drug-likeness (QED) is 0.747. The van der Waals surface area contributed by atoms with Gasteiger partial charge >= 0.3 is 6.09 Å². The standard InChI is InChI=1S/C11H20N2O4/c1-10(2,3)17-9(14)13-6-4-11(15,5-7-13)8-12-16/h15H,4-8H2,1-3H3. The van der Waals surface area contributed by atoms with Crippen molar-refractivity contribution in [2.75, 3.05) is 19.6 Å². The van der Waals surface area contributed by atoms with Crippen LogP contribution in [0.4, 0.5) is 4.79 Å². The highest BCUT2D eigenvalue weighted by molar-refractivity contribution is 5.68. The fourth-order valence-corrected chi connectivity index (χ4v) is 1.71. The summed E-state index contributed by atoms with van der Waals surface area (Å²) in [5.41, 5.74) is -1.57. The lowest BCUT2D eigenvalue weighted by Crippen LogP contribution is -2.49. The molecule has 0 aromatic heterocycles. The third-order valence-electron chi connectivity index (χ3n) is 2.70. The molecule has 0 aromatic rings. The van der Waals surface area contributed by atoms with Gasteiger partial charge in [0.2, 0.25) is 0 Å². The van der Waals surface area contributed by atoms with Crippen molar-refractivity contribution >= 4 is 6.09 Å². The minimum atomic E-state index is -1.06. The first-order chi connectivity index (χ1) is 7.76. The summed E-state index contributed by atoms with van der Waals surface area (Å²) in [6.45, 7) is 6.08. The molecule has 1 fully saturated rings. The van der Waals surface area contributed by atoms with E-state index in [1.807, 2.05) is 20.8 Å². The predicted molar refractivity (Wildman–Crippen MR) is 62.7 cm³/mol. The van der Waals surface area contributed by atoms with Crippen molar-refractivity contribution < 1.29 is 14.6 Å². The van der Waals surface area contributed by atoms with Crippen LogP contribution in [0.25, 0.3) is 0 Å². The number of ether oxygens (including phenoxy) is 1. The lowest BCUT2D eigenvalue weighted by molar-refractivity contribution is -0.0265. The summed E-state index contributed by atoms with van der Waals surface area (Å²) in [4.78, 5) is 23.4. The summed E-state index contributed by atoms with van der Waals surface area (Å²) in [5, 5.41) is 12.7. The number of hydrogen-bond acceptors (Lipinski definition) is 5. The Morgan fingerprint density at radius 1 is 1.41 bits per heavy atom. The number of amides is 1. The molecule has 0 aliphatic carbocycles. The molecule has 6 heteroatoms. The first kappa shape index (κ1) is 13.9. The number of carbonyl (C=O) groups excluding carboxylic acids is 1. The molecule has 0 spiro atoms. The van der Waals surface area contributed by atoms with Crippen LogP contribution in [-0.4, -0.2) is 46.9 Å². The van der Waals surface area contributed by atoms with Crippen LogP contribution in [0.5, 0.6) is 0 Å². The number of likely N-dealkylation sites (tertiary alicyclic amines) is 1. The zero-order valence-electron chi connectivity index (χ0n) is 10.6. The molecule has 0 unspecified atom stereocenters. The van der Waals surface area contributed by atoms with Gasteiger partial charge in [-0.05, 0) is 33.6 Å². The van der Waals surface area contributed by atoms with Crippen LogP contribution in [-0.2, 0) is 4.74 Å². The second kappa shape index (κ2) is 5.00. The maximum absolute atomic E-state index is 11.7. The Kier molecular flexibility index (Phi) is 4.08. The van der Waals surface area contributed by atoms with E-state index in [1.54, 1.807) is 4.90 Å². The summed E-state index contributed by atoms with van der Waals surface area (Å²) in [5.74, 6) is 0. The van der Waals surface area contributed by atoms with Crippen molar-refractivity contribution in [3.63, 3.8) is 0 Å². The fraction of sp³-hybridized carbons (Fsp3) is 0.909. The van der Waals surface area contributed by atoms with Gasteiger partial charge in [0.1, 0.15) is 12.1 Å². The van der Waals surface area contributed by atoms with Crippen LogP contribution in [0.2, 0.25) is 0 Å². The Bertz CT molecular complexity index is 290. The van der Waals surface area contributed by atoms with Crippen molar-refractivity contribution in [2.24, 2.45) is 5.18 Å². The topological polar surface area (TPSA) is 79.2 Å². The first-order valence-corrected chi connectivity index (χ1v) is 5.75. The number of nitrogens with zero attached hydrogens (tertiary/aromatic N) is 2. The lowest BCUT2D eigenvalue weighted by Gasteiger charge is -2.37. The molecule has 0 radical (unpaired) electrons. The van der Waals surface area contributed by atoms with Gasteiger partial charge in [0.05, 0.1) is 5.60 Å². The van der Waals surface area contributed by atoms with Crippen LogP contribution in [0.1, 0.15) is 33.6 Å². The molecule has 1 aliphatic heterocycles. The predicted octanol–water partition coefficient (Wildman–Crippen LogP) is 1.51. The molecule has 1 saturated heterocycles. The van der Waals surface area contributed by atoms with Crippen molar-refractivity contribution in [1.82, 2.24) is 4.90 Å². The maximum atomic E-state index is 11.7. The molecule has 0 atom stereocenters. The molecule has 1 rings (SSSR count). The van der Waals surface area contributed by atoms with E-state index in [0.29, 0.717) is 25.9 Å². The van der Waals surface area contributed by atoms with Gasteiger partial charge in [0.25, 0.3) is 0 Å². The normalized spacial score (nSPS) is 19.9. The van der Waals surface area contributed by atoms with Crippen molar-refractivity contribution in [3.05, 3.63) is 4.91 Å². The monoisotopic (exact) mass is 244 g/mol. The third kappa shape index (κ3) is 4.30. The summed E-state index contributed by atoms with van der Waals surface area (Å²) >= 11 is 0. The second-order valence-corrected chi connectivity index (χ2v) is 5.48. The number of carbonyl (C=O) groups is 1. The highest BCUT2D eigenvalue weighted by atomic mass is 16.6. The van der Waals surface area contributed by atoms with Gasteiger partial charge in [-0.3, -0.25) is 0 Å². The van der Waals surface area contributed by atoms with E-state index in [4.69, 9.17) is 4.74 Å². The Morgan fingerprint density at radius 2 is 1.94 bits per heavy atom. The average Bonchev–Trinajstić information content (AvgIpc) is 2.15. The van der Waals surface area contributed by atoms with Crippen LogP contribution >= 0.6 is 0 Å². The minimum Gasteiger partial charge on any atom is -0.444 e. The Hall–Kier alpha value is -1.17. The molecule has 0 saturated carbocycles. The molecule has 1 aliphatic rings. The fourth-order valence-electron chi connectivity index (χ4n) is 1.71. The van der Waals surface area contributed by atoms with E-state index in [1.165, 1.54) is 0 Å². The van der Waals surface area contributed by atoms with Gasteiger partial charge in [-0.1, -0.05) is 5.18 Å².